The van der Waals surface area contributed by atoms with Crippen LogP contribution in [0.15, 0.2) is 58.3 Å². The van der Waals surface area contributed by atoms with Crippen LogP contribution in [0, 0.1) is 0 Å². The molecule has 0 unspecified atom stereocenters. The monoisotopic (exact) mass is 744 g/mol. The van der Waals surface area contributed by atoms with Crippen LogP contribution in [-0.2, 0) is 55.3 Å². The van der Waals surface area contributed by atoms with Crippen LogP contribution in [0.1, 0.15) is 65.5 Å². The van der Waals surface area contributed by atoms with Gasteiger partial charge in [-0.2, -0.15) is 43.2 Å². The minimum atomic E-state index is -4.54. The van der Waals surface area contributed by atoms with Crippen LogP contribution < -0.4 is 0 Å². The second kappa shape index (κ2) is 17.6. The average molecular weight is 745 g/mol. The van der Waals surface area contributed by atoms with Gasteiger partial charge in [0.25, 0.3) is 20.2 Å². The average Bonchev–Trinajstić information content (AvgIpc) is 2.86. The first-order valence-corrected chi connectivity index (χ1v) is 16.4. The summed E-state index contributed by atoms with van der Waals surface area (Å²) in [6.07, 6.45) is -8.89. The molecule has 10 nitrogen and oxygen atoms in total. The van der Waals surface area contributed by atoms with E-state index >= 15 is 0 Å². The van der Waals surface area contributed by atoms with Gasteiger partial charge in [-0.3, -0.25) is 18.0 Å². The summed E-state index contributed by atoms with van der Waals surface area (Å²) in [5.74, 6) is -0.513. The van der Waals surface area contributed by atoms with Gasteiger partial charge in [-0.15, -0.1) is 0 Å². The van der Waals surface area contributed by atoms with E-state index in [0.717, 1.165) is 24.3 Å². The molecular weight excluding hydrogens is 710 g/mol. The fraction of sp³-hybridized carbons (Fsp3) is 0.500. The van der Waals surface area contributed by atoms with Crippen molar-refractivity contribution in [1.29, 1.82) is 0 Å². The first-order chi connectivity index (χ1) is 21.0. The van der Waals surface area contributed by atoms with E-state index in [9.17, 15) is 57.9 Å². The SMILES string of the molecule is CC(=O)Cl.CC(=O)OC(C)(C)CCOS(=O)(=O)c1ccc(C(F)(F)F)cc1.CC(C)(O)CCOS(=O)(=O)c1ccc(C(F)(F)F)cc1. The van der Waals surface area contributed by atoms with Crippen molar-refractivity contribution in [2.45, 2.75) is 87.7 Å². The quantitative estimate of drug-likeness (QED) is 0.117. The zero-order valence-electron chi connectivity index (χ0n) is 26.0. The van der Waals surface area contributed by atoms with Crippen LogP contribution in [-0.4, -0.2) is 57.6 Å². The summed E-state index contributed by atoms with van der Waals surface area (Å²) in [5, 5.41) is 9.05. The third-order valence-electron chi connectivity index (χ3n) is 5.26. The summed E-state index contributed by atoms with van der Waals surface area (Å²) in [7, 11) is -8.30. The topological polar surface area (TPSA) is 150 Å². The lowest BCUT2D eigenvalue weighted by molar-refractivity contribution is -0.154. The molecule has 0 saturated heterocycles. The molecule has 0 aromatic heterocycles. The highest BCUT2D eigenvalue weighted by molar-refractivity contribution is 7.87. The van der Waals surface area contributed by atoms with Gasteiger partial charge in [-0.25, -0.2) is 0 Å². The van der Waals surface area contributed by atoms with E-state index in [-0.39, 0.29) is 41.1 Å². The Hall–Kier alpha value is -2.77. The van der Waals surface area contributed by atoms with Crippen molar-refractivity contribution in [3.8, 4) is 0 Å². The number of alkyl halides is 6. The summed E-state index contributed by atoms with van der Waals surface area (Å²) in [5.41, 5.74) is -3.89. The number of carbonyl (C=O) groups is 2. The van der Waals surface area contributed by atoms with E-state index in [2.05, 4.69) is 15.8 Å². The van der Waals surface area contributed by atoms with E-state index in [1.807, 2.05) is 0 Å². The molecule has 2 aromatic rings. The minimum absolute atomic E-state index is 0.0763. The van der Waals surface area contributed by atoms with Crippen LogP contribution in [0.25, 0.3) is 0 Å². The van der Waals surface area contributed by atoms with Crippen molar-refractivity contribution in [2.75, 3.05) is 13.2 Å². The molecule has 0 fully saturated rings. The Labute approximate surface area is 274 Å². The molecule has 0 heterocycles. The molecule has 0 atom stereocenters. The number of benzene rings is 2. The molecule has 2 rings (SSSR count). The van der Waals surface area contributed by atoms with Gasteiger partial charge in [0.05, 0.1) is 39.7 Å². The lowest BCUT2D eigenvalue weighted by atomic mass is 10.1. The lowest BCUT2D eigenvalue weighted by Crippen LogP contribution is -2.29. The molecule has 0 radical (unpaired) electrons. The predicted octanol–water partition coefficient (Wildman–Crippen LogP) is 6.49. The molecule has 1 N–H and O–H groups in total. The van der Waals surface area contributed by atoms with Gasteiger partial charge in [0, 0.05) is 26.7 Å². The first kappa shape index (κ1) is 44.2. The van der Waals surface area contributed by atoms with E-state index in [4.69, 9.17) is 8.92 Å². The van der Waals surface area contributed by atoms with Crippen molar-refractivity contribution in [3.05, 3.63) is 59.7 Å². The van der Waals surface area contributed by atoms with Gasteiger partial charge in [0.2, 0.25) is 5.24 Å². The Morgan fingerprint density at radius 2 is 0.979 bits per heavy atom. The van der Waals surface area contributed by atoms with Crippen LogP contribution in [0.2, 0.25) is 0 Å². The minimum Gasteiger partial charge on any atom is -0.460 e. The van der Waals surface area contributed by atoms with Crippen LogP contribution in [0.5, 0.6) is 0 Å². The van der Waals surface area contributed by atoms with Gasteiger partial charge in [-0.1, -0.05) is 0 Å². The Balaban J connectivity index is 0.000000814. The summed E-state index contributed by atoms with van der Waals surface area (Å²) in [4.78, 5) is 19.4. The lowest BCUT2D eigenvalue weighted by Gasteiger charge is -2.23. The number of rotatable bonds is 11. The Kier molecular flexibility index (Phi) is 16.5. The maximum Gasteiger partial charge on any atom is 0.416 e. The maximum atomic E-state index is 12.4. The molecule has 0 bridgehead atoms. The molecule has 268 valence electrons. The van der Waals surface area contributed by atoms with Crippen molar-refractivity contribution < 1.29 is 71.0 Å². The van der Waals surface area contributed by atoms with Gasteiger partial charge >= 0.3 is 18.3 Å². The molecule has 0 aliphatic rings. The molecule has 0 amide bonds. The Bertz CT molecular complexity index is 1510. The summed E-state index contributed by atoms with van der Waals surface area (Å²) >= 11 is 4.64. The second-order valence-corrected chi connectivity index (χ2v) is 14.5. The fourth-order valence-corrected chi connectivity index (χ4v) is 4.81. The number of hydrogen-bond donors (Lipinski definition) is 1. The number of ether oxygens (including phenoxy) is 1. The standard InChI is InChI=1S/C14H17F3O5S.C12H15F3O4S.C2H3ClO/c1-10(18)22-13(2,3)8-9-21-23(19,20)12-6-4-11(5-7-12)14(15,16)17;1-11(2,16)7-8-19-20(17,18)10-5-3-9(4-6-10)12(13,14)15;1-2(3)4/h4-7H,8-9H2,1-3H3;3-6,16H,7-8H2,1-2H3;1H3. The van der Waals surface area contributed by atoms with E-state index < -0.39 is 60.9 Å². The zero-order chi connectivity index (χ0) is 37.1. The zero-order valence-corrected chi connectivity index (χ0v) is 28.4. The smallest absolute Gasteiger partial charge is 0.416 e. The van der Waals surface area contributed by atoms with Crippen LogP contribution in [0.3, 0.4) is 0 Å². The van der Waals surface area contributed by atoms with Crippen LogP contribution in [0.4, 0.5) is 26.3 Å². The van der Waals surface area contributed by atoms with Crippen molar-refractivity contribution in [2.24, 2.45) is 0 Å². The van der Waals surface area contributed by atoms with Gasteiger partial charge in [0.15, 0.2) is 0 Å². The summed E-state index contributed by atoms with van der Waals surface area (Å²) in [6.45, 7) is 8.13. The highest BCUT2D eigenvalue weighted by Crippen LogP contribution is 2.31. The Morgan fingerprint density at radius 3 is 1.23 bits per heavy atom. The Morgan fingerprint density at radius 1 is 0.681 bits per heavy atom. The molecule has 0 aliphatic heterocycles. The second-order valence-electron chi connectivity index (χ2n) is 10.7. The van der Waals surface area contributed by atoms with Crippen LogP contribution >= 0.6 is 11.6 Å². The molecular formula is C28H35ClF6O10S2. The number of hydrogen-bond acceptors (Lipinski definition) is 10. The molecule has 19 heteroatoms. The summed E-state index contributed by atoms with van der Waals surface area (Å²) in [6, 6.07) is 6.01. The van der Waals surface area contributed by atoms with Gasteiger partial charge in [0.1, 0.15) is 5.60 Å². The number of esters is 1. The predicted molar refractivity (Wildman–Crippen MR) is 157 cm³/mol. The van der Waals surface area contributed by atoms with Gasteiger partial charge < -0.3 is 9.84 Å². The number of carbonyl (C=O) groups excluding carboxylic acids is 2. The molecule has 0 spiro atoms. The first-order valence-electron chi connectivity index (χ1n) is 13.2. The van der Waals surface area contributed by atoms with Crippen molar-refractivity contribution in [1.82, 2.24) is 0 Å². The normalized spacial score (nSPS) is 12.6. The molecule has 2 aromatic carbocycles. The summed E-state index contributed by atoms with van der Waals surface area (Å²) < 4.78 is 136. The van der Waals surface area contributed by atoms with E-state index in [0.29, 0.717) is 24.3 Å². The third kappa shape index (κ3) is 19.0. The largest absolute Gasteiger partial charge is 0.460 e. The number of aliphatic hydroxyl groups is 1. The van der Waals surface area contributed by atoms with E-state index in [1.165, 1.54) is 27.7 Å². The molecule has 47 heavy (non-hydrogen) atoms. The maximum absolute atomic E-state index is 12.4. The van der Waals surface area contributed by atoms with E-state index in [1.54, 1.807) is 13.8 Å². The van der Waals surface area contributed by atoms with Crippen molar-refractivity contribution in [3.63, 3.8) is 0 Å². The fourth-order valence-electron chi connectivity index (χ4n) is 3.00. The highest BCUT2D eigenvalue weighted by atomic mass is 35.5. The molecule has 0 saturated carbocycles. The number of halogens is 7. The third-order valence-corrected chi connectivity index (χ3v) is 7.91. The van der Waals surface area contributed by atoms with Crippen molar-refractivity contribution >= 4 is 43.0 Å². The highest BCUT2D eigenvalue weighted by Gasteiger charge is 2.32. The molecule has 0 aliphatic carbocycles. The van der Waals surface area contributed by atoms with Gasteiger partial charge in [-0.05, 0) is 87.8 Å².